The smallest absolute Gasteiger partial charge is 0.274 e. The van der Waals surface area contributed by atoms with Gasteiger partial charge >= 0.3 is 0 Å². The number of nitrogens with zero attached hydrogens (tertiary/aromatic N) is 4. The Morgan fingerprint density at radius 3 is 3.19 bits per heavy atom. The van der Waals surface area contributed by atoms with Crippen LogP contribution in [-0.2, 0) is 0 Å². The molecule has 3 aromatic heterocycles. The number of fused-ring (bicyclic) bond motifs is 1. The number of aromatic nitrogens is 3. The lowest BCUT2D eigenvalue weighted by atomic mass is 10.1. The van der Waals surface area contributed by atoms with Crippen LogP contribution in [0.2, 0.25) is 0 Å². The maximum absolute atomic E-state index is 12.7. The standard InChI is InChI=1S/C15H14N4OS/c20-14(12-10-18-7-8-21-15(18)17-12)19-6-2-4-13(19)11-3-1-5-16-9-11/h1,3,5,7-10,13H,2,4,6H2/t13-/m0/s1. The summed E-state index contributed by atoms with van der Waals surface area (Å²) in [5.74, 6) is 0.0113. The summed E-state index contributed by atoms with van der Waals surface area (Å²) in [5.41, 5.74) is 1.63. The molecule has 106 valence electrons. The van der Waals surface area contributed by atoms with Crippen LogP contribution in [0.3, 0.4) is 0 Å². The van der Waals surface area contributed by atoms with Crippen LogP contribution < -0.4 is 0 Å². The van der Waals surface area contributed by atoms with Gasteiger partial charge in [-0.3, -0.25) is 14.2 Å². The molecule has 0 bridgehead atoms. The maximum Gasteiger partial charge on any atom is 0.274 e. The molecule has 6 heteroatoms. The van der Waals surface area contributed by atoms with Crippen molar-refractivity contribution in [3.05, 3.63) is 53.6 Å². The van der Waals surface area contributed by atoms with Gasteiger partial charge in [0.05, 0.1) is 6.04 Å². The highest BCUT2D eigenvalue weighted by Gasteiger charge is 2.31. The molecule has 0 radical (unpaired) electrons. The molecule has 4 heterocycles. The number of imidazole rings is 1. The Hall–Kier alpha value is -2.21. The molecule has 1 saturated heterocycles. The predicted molar refractivity (Wildman–Crippen MR) is 80.3 cm³/mol. The molecule has 5 nitrogen and oxygen atoms in total. The number of rotatable bonds is 2. The van der Waals surface area contributed by atoms with E-state index in [9.17, 15) is 4.79 Å². The van der Waals surface area contributed by atoms with Gasteiger partial charge in [-0.25, -0.2) is 4.98 Å². The minimum Gasteiger partial charge on any atom is -0.330 e. The lowest BCUT2D eigenvalue weighted by Crippen LogP contribution is -2.30. The molecule has 0 aromatic carbocycles. The summed E-state index contributed by atoms with van der Waals surface area (Å²) in [6, 6.07) is 4.07. The third-order valence-corrected chi connectivity index (χ3v) is 4.67. The zero-order valence-corrected chi connectivity index (χ0v) is 12.2. The number of carbonyl (C=O) groups excluding carboxylic acids is 1. The second kappa shape index (κ2) is 4.96. The zero-order valence-electron chi connectivity index (χ0n) is 11.3. The molecule has 0 saturated carbocycles. The summed E-state index contributed by atoms with van der Waals surface area (Å²) in [6.45, 7) is 0.781. The number of pyridine rings is 1. The molecule has 0 N–H and O–H groups in total. The van der Waals surface area contributed by atoms with Gasteiger partial charge in [0, 0.05) is 36.7 Å². The van der Waals surface area contributed by atoms with Crippen molar-refractivity contribution in [2.45, 2.75) is 18.9 Å². The Morgan fingerprint density at radius 2 is 2.38 bits per heavy atom. The second-order valence-corrected chi connectivity index (χ2v) is 6.03. The van der Waals surface area contributed by atoms with Crippen LogP contribution in [0.5, 0.6) is 0 Å². The number of likely N-dealkylation sites (tertiary alicyclic amines) is 1. The van der Waals surface area contributed by atoms with Crippen molar-refractivity contribution in [2.24, 2.45) is 0 Å². The summed E-state index contributed by atoms with van der Waals surface area (Å²) < 4.78 is 1.90. The van der Waals surface area contributed by atoms with Gasteiger partial charge in [0.15, 0.2) is 4.96 Å². The van der Waals surface area contributed by atoms with Gasteiger partial charge < -0.3 is 4.90 Å². The number of amides is 1. The Morgan fingerprint density at radius 1 is 1.43 bits per heavy atom. The molecule has 0 aliphatic carbocycles. The molecule has 1 aliphatic heterocycles. The largest absolute Gasteiger partial charge is 0.330 e. The quantitative estimate of drug-likeness (QED) is 0.731. The van der Waals surface area contributed by atoms with E-state index in [0.29, 0.717) is 5.69 Å². The van der Waals surface area contributed by atoms with Gasteiger partial charge in [-0.05, 0) is 24.5 Å². The SMILES string of the molecule is O=C(c1cn2ccsc2n1)N1CCC[C@H]1c1cccnc1. The molecule has 4 rings (SSSR count). The topological polar surface area (TPSA) is 50.5 Å². The van der Waals surface area contributed by atoms with Crippen LogP contribution in [0, 0.1) is 0 Å². The normalized spacial score (nSPS) is 18.5. The second-order valence-electron chi connectivity index (χ2n) is 5.16. The van der Waals surface area contributed by atoms with E-state index in [4.69, 9.17) is 0 Å². The van der Waals surface area contributed by atoms with Gasteiger partial charge in [-0.2, -0.15) is 0 Å². The van der Waals surface area contributed by atoms with E-state index in [1.807, 2.05) is 45.4 Å². The van der Waals surface area contributed by atoms with Crippen LogP contribution in [-0.4, -0.2) is 31.7 Å². The minimum absolute atomic E-state index is 0.0113. The van der Waals surface area contributed by atoms with Crippen LogP contribution in [0.1, 0.15) is 34.9 Å². The minimum atomic E-state index is 0.0113. The summed E-state index contributed by atoms with van der Waals surface area (Å²) in [5, 5.41) is 1.96. The van der Waals surface area contributed by atoms with Crippen molar-refractivity contribution >= 4 is 22.2 Å². The van der Waals surface area contributed by atoms with Gasteiger partial charge in [0.25, 0.3) is 5.91 Å². The monoisotopic (exact) mass is 298 g/mol. The van der Waals surface area contributed by atoms with E-state index in [2.05, 4.69) is 9.97 Å². The van der Waals surface area contributed by atoms with Gasteiger partial charge in [0.2, 0.25) is 0 Å². The lowest BCUT2D eigenvalue weighted by Gasteiger charge is -2.23. The van der Waals surface area contributed by atoms with Crippen molar-refractivity contribution in [3.63, 3.8) is 0 Å². The molecular formula is C15H14N4OS. The highest BCUT2D eigenvalue weighted by Crippen LogP contribution is 2.32. The maximum atomic E-state index is 12.7. The first-order valence-corrected chi connectivity index (χ1v) is 7.84. The number of hydrogen-bond donors (Lipinski definition) is 0. The Balaban J connectivity index is 1.65. The zero-order chi connectivity index (χ0) is 14.2. The Labute approximate surface area is 125 Å². The number of thiazole rings is 1. The first-order valence-electron chi connectivity index (χ1n) is 6.96. The van der Waals surface area contributed by atoms with Gasteiger partial charge in [-0.15, -0.1) is 11.3 Å². The highest BCUT2D eigenvalue weighted by molar-refractivity contribution is 7.15. The van der Waals surface area contributed by atoms with Crippen molar-refractivity contribution in [1.82, 2.24) is 19.3 Å². The van der Waals surface area contributed by atoms with E-state index in [0.717, 1.165) is 29.9 Å². The Kier molecular flexibility index (Phi) is 2.96. The van der Waals surface area contributed by atoms with Crippen molar-refractivity contribution in [2.75, 3.05) is 6.54 Å². The summed E-state index contributed by atoms with van der Waals surface area (Å²) in [6.07, 6.45) is 9.35. The summed E-state index contributed by atoms with van der Waals surface area (Å²) >= 11 is 1.54. The molecule has 3 aromatic rings. The molecular weight excluding hydrogens is 284 g/mol. The van der Waals surface area contributed by atoms with Crippen LogP contribution in [0.15, 0.2) is 42.3 Å². The van der Waals surface area contributed by atoms with E-state index < -0.39 is 0 Å². The lowest BCUT2D eigenvalue weighted by molar-refractivity contribution is 0.0730. The van der Waals surface area contributed by atoms with Gasteiger partial charge in [-0.1, -0.05) is 6.07 Å². The first kappa shape index (κ1) is 12.5. The van der Waals surface area contributed by atoms with Crippen LogP contribution >= 0.6 is 11.3 Å². The third-order valence-electron chi connectivity index (χ3n) is 3.90. The van der Waals surface area contributed by atoms with Crippen molar-refractivity contribution in [1.29, 1.82) is 0 Å². The highest BCUT2D eigenvalue weighted by atomic mass is 32.1. The fourth-order valence-electron chi connectivity index (χ4n) is 2.91. The van der Waals surface area contributed by atoms with Crippen LogP contribution in [0.4, 0.5) is 0 Å². The molecule has 1 fully saturated rings. The van der Waals surface area contributed by atoms with Crippen LogP contribution in [0.25, 0.3) is 4.96 Å². The predicted octanol–water partition coefficient (Wildman–Crippen LogP) is 2.77. The molecule has 1 aliphatic rings. The summed E-state index contributed by atoms with van der Waals surface area (Å²) in [7, 11) is 0. The third kappa shape index (κ3) is 2.12. The van der Waals surface area contributed by atoms with Gasteiger partial charge in [0.1, 0.15) is 5.69 Å². The molecule has 1 amide bonds. The number of carbonyl (C=O) groups is 1. The van der Waals surface area contributed by atoms with E-state index in [-0.39, 0.29) is 11.9 Å². The first-order chi connectivity index (χ1) is 10.3. The van der Waals surface area contributed by atoms with E-state index in [1.54, 1.807) is 6.20 Å². The van der Waals surface area contributed by atoms with Crippen molar-refractivity contribution in [3.8, 4) is 0 Å². The molecule has 21 heavy (non-hydrogen) atoms. The average molecular weight is 298 g/mol. The fourth-order valence-corrected chi connectivity index (χ4v) is 3.61. The van der Waals surface area contributed by atoms with Crippen molar-refractivity contribution < 1.29 is 4.79 Å². The Bertz CT molecular complexity index is 751. The molecule has 0 spiro atoms. The van der Waals surface area contributed by atoms with E-state index in [1.165, 1.54) is 11.3 Å². The summed E-state index contributed by atoms with van der Waals surface area (Å²) in [4.78, 5) is 24.1. The molecule has 1 atom stereocenters. The molecule has 0 unspecified atom stereocenters. The van der Waals surface area contributed by atoms with E-state index >= 15 is 0 Å². The fraction of sp³-hybridized carbons (Fsp3) is 0.267. The number of hydrogen-bond acceptors (Lipinski definition) is 4. The average Bonchev–Trinajstić information content (AvgIpc) is 3.22.